The van der Waals surface area contributed by atoms with Gasteiger partial charge in [-0.15, -0.1) is 6.58 Å². The summed E-state index contributed by atoms with van der Waals surface area (Å²) in [6.45, 7) is 7.58. The fourth-order valence-corrected chi connectivity index (χ4v) is 6.33. The molecule has 2 aromatic carbocycles. The summed E-state index contributed by atoms with van der Waals surface area (Å²) in [6, 6.07) is 8.46. The number of ether oxygens (including phenoxy) is 1. The highest BCUT2D eigenvalue weighted by atomic mass is 35.5. The van der Waals surface area contributed by atoms with Gasteiger partial charge in [0.15, 0.2) is 0 Å². The number of nitrogens with zero attached hydrogens (tertiary/aromatic N) is 3. The third-order valence-electron chi connectivity index (χ3n) is 6.40. The molecule has 2 saturated heterocycles. The van der Waals surface area contributed by atoms with Crippen molar-refractivity contribution in [3.8, 4) is 0 Å². The Bertz CT molecular complexity index is 1210. The average molecular weight is 506 g/mol. The van der Waals surface area contributed by atoms with E-state index in [2.05, 4.69) is 6.58 Å². The van der Waals surface area contributed by atoms with Crippen LogP contribution in [0.15, 0.2) is 53.9 Å². The summed E-state index contributed by atoms with van der Waals surface area (Å²) < 4.78 is 33.7. The average Bonchev–Trinajstić information content (AvgIpc) is 3.22. The quantitative estimate of drug-likeness (QED) is 0.540. The van der Waals surface area contributed by atoms with Gasteiger partial charge in [-0.3, -0.25) is 9.59 Å². The number of hydrogen-bond donors (Lipinski definition) is 0. The molecule has 4 rings (SSSR count). The summed E-state index contributed by atoms with van der Waals surface area (Å²) in [5.74, 6) is -0.518. The molecule has 0 bridgehead atoms. The Kier molecular flexibility index (Phi) is 7.28. The van der Waals surface area contributed by atoms with Gasteiger partial charge in [-0.2, -0.15) is 4.31 Å². The van der Waals surface area contributed by atoms with Crippen LogP contribution >= 0.6 is 11.6 Å². The van der Waals surface area contributed by atoms with Gasteiger partial charge in [0, 0.05) is 31.2 Å². The number of carbonyl (C=O) groups is 2. The molecule has 34 heavy (non-hydrogen) atoms. The van der Waals surface area contributed by atoms with Crippen LogP contribution in [0.5, 0.6) is 0 Å². The van der Waals surface area contributed by atoms with Gasteiger partial charge < -0.3 is 14.5 Å². The molecular formula is C24H28ClN3O5S. The summed E-state index contributed by atoms with van der Waals surface area (Å²) in [5, 5.41) is 2.11. The second kappa shape index (κ2) is 10.0. The van der Waals surface area contributed by atoms with Gasteiger partial charge in [-0.1, -0.05) is 29.8 Å². The molecule has 2 amide bonds. The predicted molar refractivity (Wildman–Crippen MR) is 130 cm³/mol. The molecule has 8 nitrogen and oxygen atoms in total. The van der Waals surface area contributed by atoms with E-state index in [0.29, 0.717) is 44.3 Å². The van der Waals surface area contributed by atoms with E-state index in [4.69, 9.17) is 16.3 Å². The number of halogens is 1. The first-order valence-corrected chi connectivity index (χ1v) is 13.0. The van der Waals surface area contributed by atoms with E-state index in [1.807, 2.05) is 0 Å². The van der Waals surface area contributed by atoms with Crippen molar-refractivity contribution in [3.63, 3.8) is 0 Å². The molecule has 0 aromatic heterocycles. The number of carbonyl (C=O) groups excluding carboxylic acids is 2. The van der Waals surface area contributed by atoms with E-state index in [0.717, 1.165) is 10.8 Å². The van der Waals surface area contributed by atoms with Crippen molar-refractivity contribution in [2.24, 2.45) is 0 Å². The third-order valence-corrected chi connectivity index (χ3v) is 8.50. The van der Waals surface area contributed by atoms with Gasteiger partial charge in [0.1, 0.15) is 12.1 Å². The Labute approximate surface area is 204 Å². The Balaban J connectivity index is 1.58. The topological polar surface area (TPSA) is 87.2 Å². The van der Waals surface area contributed by atoms with Crippen LogP contribution in [0.1, 0.15) is 13.3 Å². The highest BCUT2D eigenvalue weighted by molar-refractivity contribution is 7.89. The summed E-state index contributed by atoms with van der Waals surface area (Å²) >= 11 is 6.04. The van der Waals surface area contributed by atoms with Gasteiger partial charge in [0.2, 0.25) is 21.8 Å². The molecule has 0 saturated carbocycles. The van der Waals surface area contributed by atoms with E-state index in [9.17, 15) is 18.0 Å². The molecule has 0 aliphatic carbocycles. The molecule has 2 atom stereocenters. The van der Waals surface area contributed by atoms with Crippen molar-refractivity contribution in [1.82, 2.24) is 14.1 Å². The summed E-state index contributed by atoms with van der Waals surface area (Å²) in [4.78, 5) is 29.5. The molecule has 2 heterocycles. The highest BCUT2D eigenvalue weighted by Gasteiger charge is 2.44. The molecule has 2 aliphatic rings. The van der Waals surface area contributed by atoms with Crippen molar-refractivity contribution in [2.45, 2.75) is 30.3 Å². The van der Waals surface area contributed by atoms with Gasteiger partial charge >= 0.3 is 0 Å². The van der Waals surface area contributed by atoms with Crippen LogP contribution < -0.4 is 0 Å². The Morgan fingerprint density at radius 2 is 1.88 bits per heavy atom. The number of likely N-dealkylation sites (tertiary alicyclic amines) is 1. The van der Waals surface area contributed by atoms with Crippen LogP contribution in [0.3, 0.4) is 0 Å². The van der Waals surface area contributed by atoms with Crippen molar-refractivity contribution >= 4 is 44.2 Å². The molecule has 2 aromatic rings. The lowest BCUT2D eigenvalue weighted by atomic mass is 10.1. The molecule has 0 spiro atoms. The van der Waals surface area contributed by atoms with Crippen LogP contribution in [0, 0.1) is 0 Å². The number of amides is 2. The largest absolute Gasteiger partial charge is 0.378 e. The van der Waals surface area contributed by atoms with Gasteiger partial charge in [0.25, 0.3) is 0 Å². The van der Waals surface area contributed by atoms with E-state index < -0.39 is 22.1 Å². The van der Waals surface area contributed by atoms with Crippen molar-refractivity contribution in [2.75, 3.05) is 39.4 Å². The minimum Gasteiger partial charge on any atom is -0.378 e. The maximum Gasteiger partial charge on any atom is 0.245 e. The standard InChI is InChI=1S/C24H28ClN3O5S/c1-3-9-28(34(31,32)21-7-5-18-15-20(25)6-4-19(18)16-21)22-8-10-27(24(22)30)17(2)23(29)26-11-13-33-14-12-26/h3-7,15-17,22H,1,8-14H2,2H3/t17-,22-/m0/s1. The van der Waals surface area contributed by atoms with Gasteiger partial charge in [-0.05, 0) is 48.4 Å². The Morgan fingerprint density at radius 1 is 1.21 bits per heavy atom. The number of hydrogen-bond acceptors (Lipinski definition) is 5. The Morgan fingerprint density at radius 3 is 2.59 bits per heavy atom. The van der Waals surface area contributed by atoms with Crippen LogP contribution in [0.2, 0.25) is 5.02 Å². The first-order chi connectivity index (χ1) is 16.2. The summed E-state index contributed by atoms with van der Waals surface area (Å²) in [6.07, 6.45) is 1.77. The third kappa shape index (κ3) is 4.70. The minimum atomic E-state index is -4.00. The van der Waals surface area contributed by atoms with Crippen LogP contribution in [0.4, 0.5) is 0 Å². The van der Waals surface area contributed by atoms with Gasteiger partial charge in [-0.25, -0.2) is 8.42 Å². The first-order valence-electron chi connectivity index (χ1n) is 11.2. The molecular weight excluding hydrogens is 478 g/mol. The minimum absolute atomic E-state index is 0.0168. The lowest BCUT2D eigenvalue weighted by molar-refractivity contribution is -0.146. The number of morpholine rings is 1. The zero-order chi connectivity index (χ0) is 24.5. The van der Waals surface area contributed by atoms with Crippen molar-refractivity contribution in [3.05, 3.63) is 54.1 Å². The van der Waals surface area contributed by atoms with Crippen molar-refractivity contribution < 1.29 is 22.7 Å². The zero-order valence-electron chi connectivity index (χ0n) is 19.0. The molecule has 0 unspecified atom stereocenters. The lowest BCUT2D eigenvalue weighted by Crippen LogP contribution is -2.53. The molecule has 182 valence electrons. The van der Waals surface area contributed by atoms with E-state index in [-0.39, 0.29) is 23.3 Å². The van der Waals surface area contributed by atoms with E-state index in [1.54, 1.807) is 42.2 Å². The maximum atomic E-state index is 13.6. The Hall–Kier alpha value is -2.46. The molecule has 2 aliphatic heterocycles. The van der Waals surface area contributed by atoms with Gasteiger partial charge in [0.05, 0.1) is 18.1 Å². The first kappa shape index (κ1) is 24.7. The number of rotatable bonds is 7. The summed E-state index contributed by atoms with van der Waals surface area (Å²) in [7, 11) is -4.00. The molecule has 10 heteroatoms. The second-order valence-corrected chi connectivity index (χ2v) is 10.8. The second-order valence-electron chi connectivity index (χ2n) is 8.47. The lowest BCUT2D eigenvalue weighted by Gasteiger charge is -2.33. The van der Waals surface area contributed by atoms with Crippen molar-refractivity contribution in [1.29, 1.82) is 0 Å². The van der Waals surface area contributed by atoms with E-state index in [1.165, 1.54) is 21.3 Å². The monoisotopic (exact) mass is 505 g/mol. The fourth-order valence-electron chi connectivity index (χ4n) is 4.53. The number of sulfonamides is 1. The zero-order valence-corrected chi connectivity index (χ0v) is 20.6. The smallest absolute Gasteiger partial charge is 0.245 e. The molecule has 2 fully saturated rings. The number of benzene rings is 2. The summed E-state index contributed by atoms with van der Waals surface area (Å²) in [5.41, 5.74) is 0. The normalized spacial score (nSPS) is 20.2. The van der Waals surface area contributed by atoms with Crippen LogP contribution in [-0.4, -0.2) is 85.8 Å². The molecule has 0 N–H and O–H groups in total. The van der Waals surface area contributed by atoms with E-state index >= 15 is 0 Å². The number of fused-ring (bicyclic) bond motifs is 1. The van der Waals surface area contributed by atoms with Crippen LogP contribution in [-0.2, 0) is 24.3 Å². The highest BCUT2D eigenvalue weighted by Crippen LogP contribution is 2.29. The maximum absolute atomic E-state index is 13.6. The molecule has 0 radical (unpaired) electrons. The SMILES string of the molecule is C=CCN([C@H]1CCN([C@@H](C)C(=O)N2CCOCC2)C1=O)S(=O)(=O)c1ccc2cc(Cl)ccc2c1. The van der Waals surface area contributed by atoms with Crippen LogP contribution in [0.25, 0.3) is 10.8 Å². The predicted octanol–water partition coefficient (Wildman–Crippen LogP) is 2.52. The fraction of sp³-hybridized carbons (Fsp3) is 0.417.